The molecule has 0 saturated heterocycles. The average Bonchev–Trinajstić information content (AvgIpc) is 2.53. The Balaban J connectivity index is 2.98. The Bertz CT molecular complexity index is 798. The molecule has 0 atom stereocenters. The highest BCUT2D eigenvalue weighted by Crippen LogP contribution is 2.38. The molecule has 0 aliphatic rings. The van der Waals surface area contributed by atoms with Crippen LogP contribution in [0.3, 0.4) is 0 Å². The first-order chi connectivity index (χ1) is 13.7. The number of rotatable bonds is 2. The molecule has 2 rings (SSSR count). The van der Waals surface area contributed by atoms with Crippen LogP contribution in [0.15, 0.2) is 24.3 Å². The van der Waals surface area contributed by atoms with Crippen molar-refractivity contribution in [2.24, 2.45) is 0 Å². The number of hydrogen-bond donors (Lipinski definition) is 0. The smallest absolute Gasteiger partial charge is 0.0125 e. The number of hydrogen-bond acceptors (Lipinski definition) is 0. The first-order valence-electron chi connectivity index (χ1n) is 11.8. The molecule has 0 bridgehead atoms. The van der Waals surface area contributed by atoms with Gasteiger partial charge in [0, 0.05) is 0 Å². The minimum absolute atomic E-state index is 0.114. The van der Waals surface area contributed by atoms with Crippen molar-refractivity contribution < 1.29 is 0 Å². The van der Waals surface area contributed by atoms with Crippen LogP contribution < -0.4 is 10.6 Å². The normalized spacial score (nSPS) is 13.6. The zero-order valence-corrected chi connectivity index (χ0v) is 23.8. The molecule has 0 unspecified atom stereocenters. The maximum atomic E-state index is 2.44. The van der Waals surface area contributed by atoms with Crippen LogP contribution in [0.25, 0.3) is 0 Å². The van der Waals surface area contributed by atoms with E-state index in [1.54, 1.807) is 10.6 Å². The zero-order valence-electron chi connectivity index (χ0n) is 22.8. The Morgan fingerprint density at radius 3 is 0.774 bits per heavy atom. The van der Waals surface area contributed by atoms with Gasteiger partial charge in [-0.25, -0.2) is 0 Å². The SMILES string of the molecule is Cc1cc(C(C)(C)C)c(Pc2c(C(C)(C)C)cc(C)cc2C(C)(C)C)c(C(C)(C)C)c1. The second-order valence-electron chi connectivity index (χ2n) is 13.6. The van der Waals surface area contributed by atoms with Crippen LogP contribution in [0.1, 0.15) is 116 Å². The molecule has 0 heterocycles. The van der Waals surface area contributed by atoms with Gasteiger partial charge in [-0.3, -0.25) is 0 Å². The summed E-state index contributed by atoms with van der Waals surface area (Å²) in [6.07, 6.45) is 0. The van der Waals surface area contributed by atoms with Crippen molar-refractivity contribution in [1.82, 2.24) is 0 Å². The molecule has 0 radical (unpaired) electrons. The van der Waals surface area contributed by atoms with Gasteiger partial charge >= 0.3 is 0 Å². The summed E-state index contributed by atoms with van der Waals surface area (Å²) in [6, 6.07) is 9.77. The summed E-state index contributed by atoms with van der Waals surface area (Å²) < 4.78 is 0. The molecule has 31 heavy (non-hydrogen) atoms. The van der Waals surface area contributed by atoms with Gasteiger partial charge < -0.3 is 0 Å². The van der Waals surface area contributed by atoms with E-state index < -0.39 is 0 Å². The predicted molar refractivity (Wildman–Crippen MR) is 145 cm³/mol. The van der Waals surface area contributed by atoms with Crippen LogP contribution in [0.5, 0.6) is 0 Å². The lowest BCUT2D eigenvalue weighted by molar-refractivity contribution is 0.574. The Hall–Kier alpha value is -1.13. The topological polar surface area (TPSA) is 0 Å². The molecule has 0 aliphatic heterocycles. The van der Waals surface area contributed by atoms with Gasteiger partial charge in [0.2, 0.25) is 0 Å². The average molecular weight is 439 g/mol. The maximum absolute atomic E-state index is 2.44. The summed E-state index contributed by atoms with van der Waals surface area (Å²) in [6.45, 7) is 32.9. The molecule has 0 N–H and O–H groups in total. The zero-order chi connectivity index (χ0) is 24.2. The van der Waals surface area contributed by atoms with Crippen LogP contribution in [-0.4, -0.2) is 0 Å². The van der Waals surface area contributed by atoms with Crippen molar-refractivity contribution in [3.63, 3.8) is 0 Å². The lowest BCUT2D eigenvalue weighted by Gasteiger charge is -2.35. The van der Waals surface area contributed by atoms with Gasteiger partial charge in [-0.15, -0.1) is 0 Å². The van der Waals surface area contributed by atoms with Gasteiger partial charge in [0.15, 0.2) is 0 Å². The molecule has 0 nitrogen and oxygen atoms in total. The van der Waals surface area contributed by atoms with Crippen molar-refractivity contribution in [3.8, 4) is 0 Å². The van der Waals surface area contributed by atoms with Gasteiger partial charge in [-0.05, 0) is 68.4 Å². The summed E-state index contributed by atoms with van der Waals surface area (Å²) >= 11 is 0. The van der Waals surface area contributed by atoms with Gasteiger partial charge in [0.25, 0.3) is 0 Å². The highest BCUT2D eigenvalue weighted by molar-refractivity contribution is 7.56. The minimum atomic E-state index is 0.114. The van der Waals surface area contributed by atoms with Crippen LogP contribution >= 0.6 is 8.58 Å². The van der Waals surface area contributed by atoms with Crippen molar-refractivity contribution >= 4 is 19.2 Å². The molecule has 0 aliphatic carbocycles. The summed E-state index contributed by atoms with van der Waals surface area (Å²) in [5.41, 5.74) is 9.25. The molecule has 2 aromatic rings. The highest BCUT2D eigenvalue weighted by Gasteiger charge is 2.31. The molecule has 0 amide bonds. The molecule has 0 saturated carbocycles. The third-order valence-corrected chi connectivity index (χ3v) is 7.62. The molecule has 0 fully saturated rings. The third-order valence-electron chi connectivity index (χ3n) is 6.05. The molecular formula is C30H47P. The highest BCUT2D eigenvalue weighted by atomic mass is 31.1. The van der Waals surface area contributed by atoms with E-state index in [1.807, 2.05) is 0 Å². The van der Waals surface area contributed by atoms with Crippen LogP contribution in [0.2, 0.25) is 0 Å². The van der Waals surface area contributed by atoms with Crippen molar-refractivity contribution in [3.05, 3.63) is 57.6 Å². The number of benzene rings is 2. The van der Waals surface area contributed by atoms with E-state index in [1.165, 1.54) is 33.4 Å². The van der Waals surface area contributed by atoms with Gasteiger partial charge in [0.05, 0.1) is 0 Å². The summed E-state index contributed by atoms with van der Waals surface area (Å²) in [5, 5.41) is 3.12. The van der Waals surface area contributed by atoms with Crippen LogP contribution in [0.4, 0.5) is 0 Å². The minimum Gasteiger partial charge on any atom is -0.0578 e. The van der Waals surface area contributed by atoms with E-state index in [2.05, 4.69) is 121 Å². The largest absolute Gasteiger partial charge is 0.0578 e. The van der Waals surface area contributed by atoms with Gasteiger partial charge in [-0.1, -0.05) is 127 Å². The van der Waals surface area contributed by atoms with E-state index in [0.717, 1.165) is 0 Å². The Morgan fingerprint density at radius 2 is 0.613 bits per heavy atom. The molecule has 0 spiro atoms. The standard InChI is InChI=1S/C30H47P/c1-19-15-21(27(3,4)5)25(22(16-19)28(6,7)8)31-26-23(29(9,10)11)17-20(2)18-24(26)30(12,13)14/h15-18,31H,1-14H3. The molecule has 1 heteroatoms. The van der Waals surface area contributed by atoms with Gasteiger partial charge in [-0.2, -0.15) is 0 Å². The fourth-order valence-electron chi connectivity index (χ4n) is 4.33. The number of aryl methyl sites for hydroxylation is 2. The van der Waals surface area contributed by atoms with E-state index in [9.17, 15) is 0 Å². The molecule has 0 aromatic heterocycles. The van der Waals surface area contributed by atoms with E-state index in [0.29, 0.717) is 8.58 Å². The van der Waals surface area contributed by atoms with Crippen molar-refractivity contribution in [2.45, 2.75) is 119 Å². The van der Waals surface area contributed by atoms with E-state index >= 15 is 0 Å². The fourth-order valence-corrected chi connectivity index (χ4v) is 6.91. The predicted octanol–water partition coefficient (Wildman–Crippen LogP) is 8.12. The van der Waals surface area contributed by atoms with Crippen LogP contribution in [0, 0.1) is 13.8 Å². The Labute approximate surface area is 195 Å². The summed E-state index contributed by atoms with van der Waals surface area (Å²) in [7, 11) is 0.659. The fraction of sp³-hybridized carbons (Fsp3) is 0.600. The maximum Gasteiger partial charge on any atom is -0.0125 e. The van der Waals surface area contributed by atoms with Crippen molar-refractivity contribution in [2.75, 3.05) is 0 Å². The monoisotopic (exact) mass is 438 g/mol. The quantitative estimate of drug-likeness (QED) is 0.415. The lowest BCUT2D eigenvalue weighted by Crippen LogP contribution is -2.34. The third kappa shape index (κ3) is 6.01. The van der Waals surface area contributed by atoms with Crippen molar-refractivity contribution in [1.29, 1.82) is 0 Å². The first-order valence-corrected chi connectivity index (χ1v) is 12.8. The molecule has 172 valence electrons. The summed E-state index contributed by atoms with van der Waals surface area (Å²) in [5.74, 6) is 0. The first kappa shape index (κ1) is 26.1. The van der Waals surface area contributed by atoms with E-state index in [-0.39, 0.29) is 21.7 Å². The summed E-state index contributed by atoms with van der Waals surface area (Å²) in [4.78, 5) is 0. The lowest BCUT2D eigenvalue weighted by atomic mass is 9.79. The second kappa shape index (κ2) is 8.33. The van der Waals surface area contributed by atoms with E-state index in [4.69, 9.17) is 0 Å². The van der Waals surface area contributed by atoms with Gasteiger partial charge in [0.1, 0.15) is 0 Å². The second-order valence-corrected chi connectivity index (χ2v) is 14.8. The Morgan fingerprint density at radius 1 is 0.419 bits per heavy atom. The molecular weight excluding hydrogens is 391 g/mol. The Kier molecular flexibility index (Phi) is 7.02. The molecule has 2 aromatic carbocycles. The van der Waals surface area contributed by atoms with Crippen LogP contribution in [-0.2, 0) is 21.7 Å².